The summed E-state index contributed by atoms with van der Waals surface area (Å²) in [4.78, 5) is 31.2. The van der Waals surface area contributed by atoms with Crippen LogP contribution < -0.4 is 10.2 Å². The van der Waals surface area contributed by atoms with Crippen molar-refractivity contribution in [1.82, 2.24) is 24.5 Å². The molecule has 1 aliphatic heterocycles. The monoisotopic (exact) mass is 427 g/mol. The Bertz CT molecular complexity index is 1050. The van der Waals surface area contributed by atoms with Crippen LogP contribution >= 0.6 is 11.6 Å². The Morgan fingerprint density at radius 3 is 2.77 bits per heavy atom. The van der Waals surface area contributed by atoms with Gasteiger partial charge in [-0.3, -0.25) is 0 Å². The van der Waals surface area contributed by atoms with Gasteiger partial charge in [-0.2, -0.15) is 15.0 Å². The van der Waals surface area contributed by atoms with Crippen molar-refractivity contribution in [2.45, 2.75) is 39.3 Å². The third-order valence-corrected chi connectivity index (χ3v) is 5.15. The highest BCUT2D eigenvalue weighted by Crippen LogP contribution is 2.24. The summed E-state index contributed by atoms with van der Waals surface area (Å²) in [7, 11) is 0. The van der Waals surface area contributed by atoms with E-state index in [0.717, 1.165) is 17.8 Å². The molecule has 0 bridgehead atoms. The summed E-state index contributed by atoms with van der Waals surface area (Å²) in [6.45, 7) is 6.05. The predicted molar refractivity (Wildman–Crippen MR) is 113 cm³/mol. The smallest absolute Gasteiger partial charge is 0.417 e. The van der Waals surface area contributed by atoms with Crippen molar-refractivity contribution in [2.24, 2.45) is 0 Å². The largest absolute Gasteiger partial charge is 0.447 e. The van der Waals surface area contributed by atoms with Crippen LogP contribution in [0.3, 0.4) is 0 Å². The topological polar surface area (TPSA) is 98.1 Å². The number of hydrogen-bond acceptors (Lipinski definition) is 7. The third-order valence-electron chi connectivity index (χ3n) is 4.90. The zero-order valence-corrected chi connectivity index (χ0v) is 17.7. The number of anilines is 2. The fraction of sp³-hybridized carbons (Fsp3) is 0.350. The number of ether oxygens (including phenoxy) is 1. The summed E-state index contributed by atoms with van der Waals surface area (Å²) < 4.78 is 7.07. The Morgan fingerprint density at radius 2 is 2.03 bits per heavy atom. The van der Waals surface area contributed by atoms with Crippen LogP contribution in [0.15, 0.2) is 36.8 Å². The Balaban J connectivity index is 1.54. The van der Waals surface area contributed by atoms with Crippen LogP contribution in [-0.4, -0.2) is 43.2 Å². The lowest BCUT2D eigenvalue weighted by molar-refractivity contribution is 0.178. The SMILES string of the molecule is CC[C@H]1COC(=O)N1c1nc(C)nc(N[C@@H](C)c2cn(-c3ccc(Cl)cc3)cn2)n1. The molecule has 0 unspecified atom stereocenters. The Labute approximate surface area is 179 Å². The van der Waals surface area contributed by atoms with E-state index in [9.17, 15) is 4.79 Å². The molecule has 10 heteroatoms. The second-order valence-electron chi connectivity index (χ2n) is 7.06. The number of halogens is 1. The van der Waals surface area contributed by atoms with Crippen LogP contribution in [-0.2, 0) is 4.74 Å². The van der Waals surface area contributed by atoms with E-state index in [-0.39, 0.29) is 12.1 Å². The number of imidazole rings is 1. The molecular weight excluding hydrogens is 406 g/mol. The van der Waals surface area contributed by atoms with Crippen LogP contribution in [0.25, 0.3) is 5.69 Å². The van der Waals surface area contributed by atoms with Gasteiger partial charge >= 0.3 is 6.09 Å². The van der Waals surface area contributed by atoms with E-state index in [4.69, 9.17) is 16.3 Å². The van der Waals surface area contributed by atoms with Gasteiger partial charge < -0.3 is 14.6 Å². The molecule has 4 rings (SSSR count). The minimum atomic E-state index is -0.437. The van der Waals surface area contributed by atoms with E-state index >= 15 is 0 Å². The maximum Gasteiger partial charge on any atom is 0.417 e. The molecule has 1 aliphatic rings. The molecule has 1 amide bonds. The van der Waals surface area contributed by atoms with Gasteiger partial charge in [0.15, 0.2) is 0 Å². The lowest BCUT2D eigenvalue weighted by Crippen LogP contribution is -2.34. The number of benzene rings is 1. The summed E-state index contributed by atoms with van der Waals surface area (Å²) >= 11 is 5.96. The van der Waals surface area contributed by atoms with Crippen LogP contribution in [0.4, 0.5) is 16.7 Å². The number of nitrogens with one attached hydrogen (secondary N) is 1. The van der Waals surface area contributed by atoms with Gasteiger partial charge in [0.05, 0.1) is 24.1 Å². The fourth-order valence-electron chi connectivity index (χ4n) is 3.23. The van der Waals surface area contributed by atoms with Gasteiger partial charge in [-0.25, -0.2) is 14.7 Å². The Morgan fingerprint density at radius 1 is 1.27 bits per heavy atom. The van der Waals surface area contributed by atoms with Gasteiger partial charge in [-0.05, 0) is 44.5 Å². The first-order valence-corrected chi connectivity index (χ1v) is 10.1. The number of aromatic nitrogens is 5. The summed E-state index contributed by atoms with van der Waals surface area (Å²) in [6, 6.07) is 7.26. The standard InChI is InChI=1S/C20H22ClN7O2/c1-4-15-10-30-20(29)28(15)19-25-13(3)24-18(26-19)23-12(2)17-9-27(11-22-17)16-7-5-14(21)6-8-16/h5-9,11-12,15H,4,10H2,1-3H3,(H,23,24,25,26)/t12-,15-/m0/s1. The van der Waals surface area contributed by atoms with Crippen molar-refractivity contribution in [3.05, 3.63) is 53.3 Å². The minimum absolute atomic E-state index is 0.0837. The highest BCUT2D eigenvalue weighted by atomic mass is 35.5. The molecule has 2 atom stereocenters. The number of carbonyl (C=O) groups excluding carboxylic acids is 1. The summed E-state index contributed by atoms with van der Waals surface area (Å²) in [5.41, 5.74) is 1.78. The first kappa shape index (κ1) is 20.1. The molecule has 0 saturated carbocycles. The molecule has 156 valence electrons. The summed E-state index contributed by atoms with van der Waals surface area (Å²) in [5.74, 6) is 1.18. The number of rotatable bonds is 6. The van der Waals surface area contributed by atoms with E-state index < -0.39 is 6.09 Å². The first-order valence-electron chi connectivity index (χ1n) is 9.69. The number of carbonyl (C=O) groups is 1. The Hall–Kier alpha value is -3.20. The zero-order valence-electron chi connectivity index (χ0n) is 16.9. The van der Waals surface area contributed by atoms with Crippen molar-refractivity contribution in [3.63, 3.8) is 0 Å². The molecule has 0 aliphatic carbocycles. The van der Waals surface area contributed by atoms with Gasteiger partial charge in [0, 0.05) is 16.9 Å². The average molecular weight is 428 g/mol. The van der Waals surface area contributed by atoms with Crippen molar-refractivity contribution >= 4 is 29.6 Å². The molecule has 3 heterocycles. The fourth-order valence-corrected chi connectivity index (χ4v) is 3.36. The van der Waals surface area contributed by atoms with Crippen LogP contribution in [0, 0.1) is 6.92 Å². The van der Waals surface area contributed by atoms with Crippen molar-refractivity contribution in [1.29, 1.82) is 0 Å². The first-order chi connectivity index (χ1) is 14.4. The van der Waals surface area contributed by atoms with Gasteiger partial charge in [0.1, 0.15) is 12.4 Å². The number of hydrogen-bond donors (Lipinski definition) is 1. The highest BCUT2D eigenvalue weighted by Gasteiger charge is 2.35. The highest BCUT2D eigenvalue weighted by molar-refractivity contribution is 6.30. The number of aryl methyl sites for hydroxylation is 1. The lowest BCUT2D eigenvalue weighted by atomic mass is 10.2. The molecule has 3 aromatic rings. The van der Waals surface area contributed by atoms with Gasteiger partial charge in [-0.1, -0.05) is 18.5 Å². The van der Waals surface area contributed by atoms with Crippen LogP contribution in [0.2, 0.25) is 5.02 Å². The molecule has 0 radical (unpaired) electrons. The normalized spacial score (nSPS) is 17.1. The van der Waals surface area contributed by atoms with E-state index in [1.807, 2.05) is 48.9 Å². The maximum atomic E-state index is 12.1. The van der Waals surface area contributed by atoms with Crippen LogP contribution in [0.1, 0.15) is 37.8 Å². The molecular formula is C20H22ClN7O2. The lowest BCUT2D eigenvalue weighted by Gasteiger charge is -2.19. The number of cyclic esters (lactones) is 1. The zero-order chi connectivity index (χ0) is 21.3. The van der Waals surface area contributed by atoms with Crippen molar-refractivity contribution in [2.75, 3.05) is 16.8 Å². The van der Waals surface area contributed by atoms with E-state index in [2.05, 4.69) is 25.3 Å². The molecule has 1 aromatic carbocycles. The van der Waals surface area contributed by atoms with Crippen molar-refractivity contribution < 1.29 is 9.53 Å². The summed E-state index contributed by atoms with van der Waals surface area (Å²) in [6.07, 6.45) is 3.99. The molecule has 30 heavy (non-hydrogen) atoms. The second-order valence-corrected chi connectivity index (χ2v) is 7.50. The maximum absolute atomic E-state index is 12.1. The quantitative estimate of drug-likeness (QED) is 0.636. The molecule has 0 spiro atoms. The molecule has 1 saturated heterocycles. The van der Waals surface area contributed by atoms with E-state index in [0.29, 0.717) is 29.4 Å². The molecule has 1 fully saturated rings. The molecule has 1 N–H and O–H groups in total. The second kappa shape index (κ2) is 8.27. The number of amides is 1. The average Bonchev–Trinajstić information content (AvgIpc) is 3.35. The van der Waals surface area contributed by atoms with Crippen molar-refractivity contribution in [3.8, 4) is 5.69 Å². The minimum Gasteiger partial charge on any atom is -0.447 e. The summed E-state index contributed by atoms with van der Waals surface area (Å²) in [5, 5.41) is 3.93. The van der Waals surface area contributed by atoms with E-state index in [1.54, 1.807) is 13.3 Å². The van der Waals surface area contributed by atoms with Crippen LogP contribution in [0.5, 0.6) is 0 Å². The van der Waals surface area contributed by atoms with Gasteiger partial charge in [-0.15, -0.1) is 0 Å². The molecule has 9 nitrogen and oxygen atoms in total. The van der Waals surface area contributed by atoms with Gasteiger partial charge in [0.25, 0.3) is 0 Å². The third kappa shape index (κ3) is 4.06. The number of nitrogens with zero attached hydrogens (tertiary/aromatic N) is 6. The Kier molecular flexibility index (Phi) is 5.54. The predicted octanol–water partition coefficient (Wildman–Crippen LogP) is 3.93. The van der Waals surface area contributed by atoms with Gasteiger partial charge in [0.2, 0.25) is 11.9 Å². The molecule has 2 aromatic heterocycles. The van der Waals surface area contributed by atoms with E-state index in [1.165, 1.54) is 4.90 Å².